The van der Waals surface area contributed by atoms with E-state index in [4.69, 9.17) is 10.5 Å². The van der Waals surface area contributed by atoms with Crippen LogP contribution in [0.2, 0.25) is 0 Å². The van der Waals surface area contributed by atoms with Crippen LogP contribution in [0.3, 0.4) is 0 Å². The average Bonchev–Trinajstić information content (AvgIpc) is 3.60. The molecule has 1 saturated heterocycles. The first-order valence-electron chi connectivity index (χ1n) is 15.4. The molecule has 0 radical (unpaired) electrons. The predicted octanol–water partition coefficient (Wildman–Crippen LogP) is -12.2. The summed E-state index contributed by atoms with van der Waals surface area (Å²) in [6.45, 7) is 1.22. The van der Waals surface area contributed by atoms with Gasteiger partial charge in [0, 0.05) is 30.7 Å². The third-order valence-corrected chi connectivity index (χ3v) is 11.0. The van der Waals surface area contributed by atoms with E-state index >= 15 is 0 Å². The van der Waals surface area contributed by atoms with Gasteiger partial charge in [0.25, 0.3) is 23.5 Å². The largest absolute Gasteiger partial charge is 1.00 e. The Kier molecular flexibility index (Phi) is 24.9. The average molecular weight is 918 g/mol. The van der Waals surface area contributed by atoms with Gasteiger partial charge in [0.1, 0.15) is 42.0 Å². The number of nitrogens with zero attached hydrogens (tertiary/aromatic N) is 4. The van der Waals surface area contributed by atoms with E-state index in [1.54, 1.807) is 0 Å². The van der Waals surface area contributed by atoms with Crippen molar-refractivity contribution in [2.75, 3.05) is 37.8 Å². The van der Waals surface area contributed by atoms with Crippen molar-refractivity contribution in [2.24, 2.45) is 5.41 Å². The molecular weight excluding hydrogens is 880 g/mol. The number of ether oxygens (including phenoxy) is 1. The number of hydrogen-bond donors (Lipinski definition) is 6. The van der Waals surface area contributed by atoms with Gasteiger partial charge in [-0.2, -0.15) is 0 Å². The molecule has 1 fully saturated rings. The summed E-state index contributed by atoms with van der Waals surface area (Å²) < 4.78 is 60.6. The van der Waals surface area contributed by atoms with E-state index < -0.39 is 84.6 Å². The predicted molar refractivity (Wildman–Crippen MR) is 176 cm³/mol. The monoisotopic (exact) mass is 917 g/mol. The van der Waals surface area contributed by atoms with E-state index in [0.717, 1.165) is 29.0 Å². The molecule has 0 saturated carbocycles. The van der Waals surface area contributed by atoms with Crippen molar-refractivity contribution in [3.63, 3.8) is 0 Å². The van der Waals surface area contributed by atoms with E-state index in [1.165, 1.54) is 20.8 Å². The van der Waals surface area contributed by atoms with Crippen molar-refractivity contribution < 1.29 is 174 Å². The van der Waals surface area contributed by atoms with Gasteiger partial charge in [0.05, 0.1) is 26.0 Å². The molecule has 304 valence electrons. The van der Waals surface area contributed by atoms with E-state index in [0.29, 0.717) is 0 Å². The first kappa shape index (κ1) is 57.2. The van der Waals surface area contributed by atoms with Gasteiger partial charge in [0.15, 0.2) is 22.8 Å². The number of hydrogen-bond acceptors (Lipinski definition) is 22. The summed E-state index contributed by atoms with van der Waals surface area (Å²) in [7, 11) is -17.3. The fraction of sp³-hybridized carbons (Fsp3) is 0.640. The Balaban J connectivity index is 0.0000105. The number of nitrogens with one attached hydrogen (secondary N) is 2. The number of nitrogen functional groups attached to an aromatic ring is 1. The number of rotatable bonds is 21. The summed E-state index contributed by atoms with van der Waals surface area (Å²) in [6.07, 6.45) is -7.72. The van der Waals surface area contributed by atoms with Gasteiger partial charge in [0.2, 0.25) is 11.8 Å². The summed E-state index contributed by atoms with van der Waals surface area (Å²) in [6, 6.07) is 0. The Labute approximate surface area is 395 Å². The molecule has 25 nitrogen and oxygen atoms in total. The van der Waals surface area contributed by atoms with Crippen molar-refractivity contribution in [3.8, 4) is 0 Å². The molecule has 0 bridgehead atoms. The minimum absolute atomic E-state index is 0. The Hall–Kier alpha value is 0.230. The van der Waals surface area contributed by atoms with Crippen molar-refractivity contribution >= 4 is 74.9 Å². The van der Waals surface area contributed by atoms with E-state index in [1.807, 2.05) is 0 Å². The number of aromatic nitrogens is 4. The first-order valence-corrected chi connectivity index (χ1v) is 20.8. The smallest absolute Gasteiger partial charge is 0.756 e. The molecule has 3 rings (SSSR count). The second kappa shape index (κ2) is 24.8. The summed E-state index contributed by atoms with van der Waals surface area (Å²) in [5, 5.41) is 25.7. The number of nitrogens with two attached hydrogens (primary N) is 1. The molecule has 2 aromatic rings. The van der Waals surface area contributed by atoms with Gasteiger partial charge in [-0.05, 0) is 6.92 Å². The Morgan fingerprint density at radius 1 is 1.05 bits per heavy atom. The van der Waals surface area contributed by atoms with E-state index in [2.05, 4.69) is 43.5 Å². The number of fused-ring (bicyclic) bond motifs is 1. The molecule has 2 aromatic heterocycles. The number of amides is 2. The summed E-state index contributed by atoms with van der Waals surface area (Å²) in [4.78, 5) is 104. The third-order valence-electron chi connectivity index (χ3n) is 7.14. The van der Waals surface area contributed by atoms with E-state index in [-0.39, 0.29) is 148 Å². The van der Waals surface area contributed by atoms with Crippen molar-refractivity contribution in [1.82, 2.24) is 30.2 Å². The number of anilines is 1. The van der Waals surface area contributed by atoms with E-state index in [9.17, 15) is 62.7 Å². The SMILES string of the molecule is CC(=O)CC(=O)SCCNC(=O)CCNC(=O)C(O)C(C)(C)COP(=O)([O-])OP(=O)([O-])OC[C@@H]1O[C@H](n2cnc3c(N)ncnc32)[C@@H](O)[C@H]1OP(=O)([O-])O.[Na+].[Na+].[Na+]. The second-order valence-corrected chi connectivity index (χ2v) is 17.4. The van der Waals surface area contributed by atoms with Crippen LogP contribution in [0.15, 0.2) is 12.7 Å². The normalized spacial score (nSPS) is 21.6. The summed E-state index contributed by atoms with van der Waals surface area (Å²) in [5.41, 5.74) is 4.07. The summed E-state index contributed by atoms with van der Waals surface area (Å²) in [5.74, 6) is -1.70. The number of phosphoric acid groups is 3. The number of aliphatic hydroxyl groups excluding tert-OH is 2. The molecule has 32 heteroatoms. The Bertz CT molecular complexity index is 1840. The number of Topliss-reactive ketones (excluding diaryl/α,β-unsaturated/α-hetero) is 1. The molecule has 2 amide bonds. The Morgan fingerprint density at radius 3 is 2.30 bits per heavy atom. The number of ketones is 1. The first-order chi connectivity index (χ1) is 24.9. The molecule has 7 N–H and O–H groups in total. The molecule has 4 unspecified atom stereocenters. The molecule has 0 spiro atoms. The maximum Gasteiger partial charge on any atom is 1.00 e. The molecule has 8 atom stereocenters. The zero-order valence-electron chi connectivity index (χ0n) is 31.6. The number of thioether (sulfide) groups is 1. The fourth-order valence-corrected chi connectivity index (χ4v) is 8.01. The molecule has 0 aromatic carbocycles. The number of carbonyl (C=O) groups is 4. The van der Waals surface area contributed by atoms with Crippen LogP contribution in [-0.2, 0) is 55.5 Å². The van der Waals surface area contributed by atoms with Gasteiger partial charge in [-0.15, -0.1) is 0 Å². The van der Waals surface area contributed by atoms with Crippen molar-refractivity contribution in [3.05, 3.63) is 12.7 Å². The van der Waals surface area contributed by atoms with Crippen LogP contribution in [0.4, 0.5) is 5.82 Å². The number of imidazole rings is 1. The minimum atomic E-state index is -5.90. The molecule has 0 aliphatic carbocycles. The molecule has 1 aliphatic rings. The molecule has 1 aliphatic heterocycles. The van der Waals surface area contributed by atoms with Crippen LogP contribution in [-0.4, -0.2) is 114 Å². The Morgan fingerprint density at radius 2 is 1.68 bits per heavy atom. The van der Waals surface area contributed by atoms with Crippen molar-refractivity contribution in [2.45, 2.75) is 64.3 Å². The van der Waals surface area contributed by atoms with Crippen molar-refractivity contribution in [1.29, 1.82) is 0 Å². The number of carbonyl (C=O) groups excluding carboxylic acids is 4. The summed E-state index contributed by atoms with van der Waals surface area (Å²) >= 11 is 0.868. The fourth-order valence-electron chi connectivity index (χ4n) is 4.53. The maximum absolute atomic E-state index is 12.5. The maximum atomic E-state index is 12.5. The minimum Gasteiger partial charge on any atom is -0.756 e. The van der Waals surface area contributed by atoms with Gasteiger partial charge >= 0.3 is 88.7 Å². The van der Waals surface area contributed by atoms with Gasteiger partial charge in [-0.1, -0.05) is 25.6 Å². The van der Waals surface area contributed by atoms with Crippen LogP contribution in [0, 0.1) is 5.41 Å². The zero-order valence-corrected chi connectivity index (χ0v) is 41.1. The molecule has 57 heavy (non-hydrogen) atoms. The zero-order chi connectivity index (χ0) is 40.6. The van der Waals surface area contributed by atoms with Crippen LogP contribution in [0.5, 0.6) is 0 Å². The second-order valence-electron chi connectivity index (χ2n) is 12.1. The van der Waals surface area contributed by atoms with Crippen LogP contribution in [0.25, 0.3) is 11.2 Å². The quantitative estimate of drug-likeness (QED) is 0.0293. The van der Waals surface area contributed by atoms with Crippen LogP contribution < -0.4 is 120 Å². The van der Waals surface area contributed by atoms with Gasteiger partial charge < -0.3 is 64.5 Å². The van der Waals surface area contributed by atoms with Gasteiger partial charge in [-0.25, -0.2) is 19.3 Å². The van der Waals surface area contributed by atoms with Gasteiger partial charge in [-0.3, -0.25) is 37.4 Å². The van der Waals surface area contributed by atoms with Crippen LogP contribution >= 0.6 is 35.2 Å². The van der Waals surface area contributed by atoms with Crippen LogP contribution in [0.1, 0.15) is 39.8 Å². The molecule has 3 heterocycles. The third kappa shape index (κ3) is 18.6. The number of phosphoric ester groups is 3. The standard InChI is InChI=1S/C25H40N7O18P3S.3Na/c1-13(33)8-16(35)54-7-6-27-15(34)4-5-28-23(38)20(37)25(2,3)10-47-53(44,45)50-52(42,43)46-9-14-19(49-51(39,40)41)18(36)24(48-14)32-12-31-17-21(26)29-11-30-22(17)32;;;/h11-12,14,18-20,24,36-37H,4-10H2,1-3H3,(H,27,34)(H,28,38)(H,42,43)(H,44,45)(H2,26,29,30)(H2,39,40,41);;;/q;3*+1/p-3/t14-,18-,19-,20?,24-;;;/m0.../s1. The topological polar surface area (TPSA) is 389 Å². The number of aliphatic hydroxyl groups is 2. The molecular formula is C25H37N7Na3O18P3S.